The summed E-state index contributed by atoms with van der Waals surface area (Å²) in [6.45, 7) is 0.464. The van der Waals surface area contributed by atoms with Gasteiger partial charge in [0.1, 0.15) is 11.3 Å². The van der Waals surface area contributed by atoms with E-state index in [1.807, 2.05) is 0 Å². The van der Waals surface area contributed by atoms with Crippen LogP contribution in [0.25, 0.3) is 0 Å². The Morgan fingerprint density at radius 2 is 2.35 bits per heavy atom. The van der Waals surface area contributed by atoms with Crippen LogP contribution in [0.1, 0.15) is 33.7 Å². The number of hydrogen-bond acceptors (Lipinski definition) is 4. The van der Waals surface area contributed by atoms with Crippen molar-refractivity contribution < 1.29 is 19.5 Å². The third-order valence-corrected chi connectivity index (χ3v) is 2.57. The number of rotatable bonds is 5. The van der Waals surface area contributed by atoms with Gasteiger partial charge in [0, 0.05) is 7.05 Å². The normalized spacial score (nSPS) is 14.6. The van der Waals surface area contributed by atoms with E-state index in [1.165, 1.54) is 11.7 Å². The van der Waals surface area contributed by atoms with Crippen LogP contribution in [-0.2, 0) is 11.9 Å². The molecular formula is C10H13N3O4. The van der Waals surface area contributed by atoms with E-state index in [-0.39, 0.29) is 11.3 Å². The van der Waals surface area contributed by atoms with Crippen LogP contribution in [0.15, 0.2) is 6.20 Å². The van der Waals surface area contributed by atoms with Crippen molar-refractivity contribution in [1.29, 1.82) is 0 Å². The quantitative estimate of drug-likeness (QED) is 0.715. The molecule has 1 amide bonds. The summed E-state index contributed by atoms with van der Waals surface area (Å²) in [5, 5.41) is 12.6. The van der Waals surface area contributed by atoms with Crippen molar-refractivity contribution in [3.05, 3.63) is 17.5 Å². The van der Waals surface area contributed by atoms with Gasteiger partial charge >= 0.3 is 5.97 Å². The SMILES string of the molecule is Cn1ncc(C(=O)O)c1C(=O)NOCC1CC1. The molecule has 1 aliphatic carbocycles. The third kappa shape index (κ3) is 2.62. The van der Waals surface area contributed by atoms with E-state index >= 15 is 0 Å². The molecule has 0 unspecified atom stereocenters. The van der Waals surface area contributed by atoms with Gasteiger partial charge < -0.3 is 5.11 Å². The Hall–Kier alpha value is -1.89. The van der Waals surface area contributed by atoms with Gasteiger partial charge in [-0.15, -0.1) is 0 Å². The summed E-state index contributed by atoms with van der Waals surface area (Å²) in [4.78, 5) is 27.6. The molecule has 1 aromatic heterocycles. The molecule has 1 aromatic rings. The van der Waals surface area contributed by atoms with Gasteiger partial charge in [0.2, 0.25) is 0 Å². The number of aromatic carboxylic acids is 1. The van der Waals surface area contributed by atoms with Gasteiger partial charge in [0.25, 0.3) is 5.91 Å². The summed E-state index contributed by atoms with van der Waals surface area (Å²) in [7, 11) is 1.50. The molecule has 0 saturated heterocycles. The highest BCUT2D eigenvalue weighted by Crippen LogP contribution is 2.28. The van der Waals surface area contributed by atoms with Crippen molar-refractivity contribution in [3.8, 4) is 0 Å². The second-order valence-corrected chi connectivity index (χ2v) is 4.02. The van der Waals surface area contributed by atoms with Crippen molar-refractivity contribution in [2.24, 2.45) is 13.0 Å². The first kappa shape index (κ1) is 11.6. The summed E-state index contributed by atoms with van der Waals surface area (Å²) in [6, 6.07) is 0. The first-order chi connectivity index (χ1) is 8.09. The number of carbonyl (C=O) groups is 2. The monoisotopic (exact) mass is 239 g/mol. The van der Waals surface area contributed by atoms with Gasteiger partial charge in [0.05, 0.1) is 12.8 Å². The number of aryl methyl sites for hydroxylation is 1. The van der Waals surface area contributed by atoms with Gasteiger partial charge in [-0.25, -0.2) is 10.3 Å². The highest BCUT2D eigenvalue weighted by Gasteiger charge is 2.24. The second-order valence-electron chi connectivity index (χ2n) is 4.02. The Morgan fingerprint density at radius 3 is 2.94 bits per heavy atom. The Kier molecular flexibility index (Phi) is 3.10. The summed E-state index contributed by atoms with van der Waals surface area (Å²) in [6.07, 6.45) is 3.36. The zero-order valence-corrected chi connectivity index (χ0v) is 9.34. The molecule has 1 fully saturated rings. The molecule has 0 aliphatic heterocycles. The number of carboxylic acid groups (broad SMARTS) is 1. The number of hydroxylamine groups is 1. The smallest absolute Gasteiger partial charge is 0.339 e. The number of nitrogens with one attached hydrogen (secondary N) is 1. The zero-order valence-electron chi connectivity index (χ0n) is 9.34. The van der Waals surface area contributed by atoms with Crippen LogP contribution < -0.4 is 5.48 Å². The molecule has 0 atom stereocenters. The first-order valence-corrected chi connectivity index (χ1v) is 5.27. The van der Waals surface area contributed by atoms with Crippen molar-refractivity contribution >= 4 is 11.9 Å². The first-order valence-electron chi connectivity index (χ1n) is 5.27. The van der Waals surface area contributed by atoms with Crippen molar-refractivity contribution in [3.63, 3.8) is 0 Å². The molecule has 1 aliphatic rings. The van der Waals surface area contributed by atoms with Crippen LogP contribution in [0.2, 0.25) is 0 Å². The maximum absolute atomic E-state index is 11.7. The second kappa shape index (κ2) is 4.54. The minimum atomic E-state index is -1.19. The van der Waals surface area contributed by atoms with Crippen LogP contribution >= 0.6 is 0 Å². The van der Waals surface area contributed by atoms with E-state index in [4.69, 9.17) is 9.94 Å². The lowest BCUT2D eigenvalue weighted by Crippen LogP contribution is -2.28. The molecule has 0 spiro atoms. The van der Waals surface area contributed by atoms with E-state index < -0.39 is 11.9 Å². The molecule has 7 nitrogen and oxygen atoms in total. The fraction of sp³-hybridized carbons (Fsp3) is 0.500. The number of hydrogen-bond donors (Lipinski definition) is 2. The van der Waals surface area contributed by atoms with Crippen molar-refractivity contribution in [2.45, 2.75) is 12.8 Å². The molecule has 0 radical (unpaired) electrons. The zero-order chi connectivity index (χ0) is 12.4. The fourth-order valence-corrected chi connectivity index (χ4v) is 1.42. The number of carboxylic acids is 1. The minimum absolute atomic E-state index is 0.0201. The van der Waals surface area contributed by atoms with Crippen LogP contribution in [0.4, 0.5) is 0 Å². The standard InChI is InChI=1S/C10H13N3O4/c1-13-8(7(4-11-13)10(15)16)9(14)12-17-5-6-2-3-6/h4,6H,2-3,5H2,1H3,(H,12,14)(H,15,16). The van der Waals surface area contributed by atoms with Crippen molar-refractivity contribution in [1.82, 2.24) is 15.3 Å². The Balaban J connectivity index is 2.01. The third-order valence-electron chi connectivity index (χ3n) is 2.57. The predicted octanol–water partition coefficient (Wildman–Crippen LogP) is 0.190. The molecule has 92 valence electrons. The lowest BCUT2D eigenvalue weighted by molar-refractivity contribution is 0.0260. The Morgan fingerprint density at radius 1 is 1.65 bits per heavy atom. The van der Waals surface area contributed by atoms with Crippen LogP contribution in [-0.4, -0.2) is 33.4 Å². The number of nitrogens with zero attached hydrogens (tertiary/aromatic N) is 2. The number of carbonyl (C=O) groups excluding carboxylic acids is 1. The maximum Gasteiger partial charge on any atom is 0.339 e. The van der Waals surface area contributed by atoms with Gasteiger partial charge in [-0.1, -0.05) is 0 Å². The van der Waals surface area contributed by atoms with Crippen LogP contribution in [0.3, 0.4) is 0 Å². The summed E-state index contributed by atoms with van der Waals surface area (Å²) >= 11 is 0. The van der Waals surface area contributed by atoms with Gasteiger partial charge in [-0.3, -0.25) is 14.3 Å². The molecule has 1 heterocycles. The Bertz CT molecular complexity index is 450. The maximum atomic E-state index is 11.7. The molecule has 0 bridgehead atoms. The van der Waals surface area contributed by atoms with Crippen LogP contribution in [0, 0.1) is 5.92 Å². The van der Waals surface area contributed by atoms with E-state index in [0.717, 1.165) is 19.0 Å². The average molecular weight is 239 g/mol. The molecule has 2 N–H and O–H groups in total. The Labute approximate surface area is 97.3 Å². The van der Waals surface area contributed by atoms with Crippen LogP contribution in [0.5, 0.6) is 0 Å². The van der Waals surface area contributed by atoms with Gasteiger partial charge in [0.15, 0.2) is 0 Å². The number of amides is 1. The lowest BCUT2D eigenvalue weighted by Gasteiger charge is -2.06. The summed E-state index contributed by atoms with van der Waals surface area (Å²) in [5.41, 5.74) is 2.07. The van der Waals surface area contributed by atoms with E-state index in [0.29, 0.717) is 12.5 Å². The average Bonchev–Trinajstić information content (AvgIpc) is 2.99. The molecular weight excluding hydrogens is 226 g/mol. The minimum Gasteiger partial charge on any atom is -0.478 e. The molecule has 2 rings (SSSR count). The summed E-state index contributed by atoms with van der Waals surface area (Å²) < 4.78 is 1.21. The molecule has 7 heteroatoms. The number of aromatic nitrogens is 2. The highest BCUT2D eigenvalue weighted by molar-refractivity contribution is 6.03. The van der Waals surface area contributed by atoms with E-state index in [2.05, 4.69) is 10.6 Å². The fourth-order valence-electron chi connectivity index (χ4n) is 1.42. The van der Waals surface area contributed by atoms with Gasteiger partial charge in [-0.2, -0.15) is 5.10 Å². The topological polar surface area (TPSA) is 93.5 Å². The largest absolute Gasteiger partial charge is 0.478 e. The van der Waals surface area contributed by atoms with E-state index in [9.17, 15) is 9.59 Å². The molecule has 0 aromatic carbocycles. The van der Waals surface area contributed by atoms with Gasteiger partial charge in [-0.05, 0) is 18.8 Å². The van der Waals surface area contributed by atoms with E-state index in [1.54, 1.807) is 0 Å². The predicted molar refractivity (Wildman–Crippen MR) is 56.3 cm³/mol. The molecule has 1 saturated carbocycles. The van der Waals surface area contributed by atoms with Crippen molar-refractivity contribution in [2.75, 3.05) is 6.61 Å². The summed E-state index contributed by atoms with van der Waals surface area (Å²) in [5.74, 6) is -1.27. The highest BCUT2D eigenvalue weighted by atomic mass is 16.7. The molecule has 17 heavy (non-hydrogen) atoms. The lowest BCUT2D eigenvalue weighted by atomic mass is 10.2.